The van der Waals surface area contributed by atoms with Gasteiger partial charge in [0.1, 0.15) is 12.0 Å². The molecule has 0 radical (unpaired) electrons. The van der Waals surface area contributed by atoms with Crippen LogP contribution in [0.4, 0.5) is 0 Å². The molecule has 4 rings (SSSR count). The number of thioether (sulfide) groups is 1. The lowest BCUT2D eigenvalue weighted by Crippen LogP contribution is -2.52. The first-order chi connectivity index (χ1) is 22.9. The average Bonchev–Trinajstić information content (AvgIpc) is 3.09. The normalized spacial score (nSPS) is 16.2. The van der Waals surface area contributed by atoms with Gasteiger partial charge < -0.3 is 20.3 Å². The van der Waals surface area contributed by atoms with Gasteiger partial charge in [0.05, 0.1) is 18.4 Å². The van der Waals surface area contributed by atoms with E-state index in [4.69, 9.17) is 4.74 Å². The molecule has 1 aromatic heterocycles. The molecule has 1 aliphatic rings. The molecule has 0 spiro atoms. The van der Waals surface area contributed by atoms with E-state index in [9.17, 15) is 34.0 Å². The Morgan fingerprint density at radius 2 is 1.67 bits per heavy atom. The standard InChI is InChI=1S/C35H42N3O8PS/c1-22(2)19-28(33(41)42)36-32(40)27(20-23-9-5-4-6-10-23)35(44,47-45)21-48-30-18-17-24-11-7-8-12-29(24)38(30)37-31(39)25-13-15-26(16-14-25)34(43)46-3/h7-8,11-18,22-23,27-28,44H,4-6,9-10,19-21H2,1-3H3,(H2-,36,37,39,40,41,42)/p+2/t27?,28-,35?/m0/s1. The van der Waals surface area contributed by atoms with Crippen LogP contribution in [0.5, 0.6) is 0 Å². The summed E-state index contributed by atoms with van der Waals surface area (Å²) in [6.45, 7) is 3.73. The number of para-hydroxylation sites is 1. The number of nitrogens with zero attached hydrogens (tertiary/aromatic N) is 1. The fourth-order valence-corrected chi connectivity index (χ4v) is 7.93. The quantitative estimate of drug-likeness (QED) is 0.0714. The summed E-state index contributed by atoms with van der Waals surface area (Å²) in [6.07, 6.45) is 5.34. The molecule has 0 aliphatic heterocycles. The van der Waals surface area contributed by atoms with Gasteiger partial charge in [0.25, 0.3) is 10.4 Å². The van der Waals surface area contributed by atoms with Crippen molar-refractivity contribution < 1.29 is 43.4 Å². The van der Waals surface area contributed by atoms with Gasteiger partial charge in [-0.25, -0.2) is 9.59 Å². The summed E-state index contributed by atoms with van der Waals surface area (Å²) in [5.41, 5.74) is 4.14. The number of carbonyl (C=O) groups is 4. The van der Waals surface area contributed by atoms with Gasteiger partial charge in [-0.3, -0.25) is 9.59 Å². The third-order valence-corrected chi connectivity index (χ3v) is 11.0. The summed E-state index contributed by atoms with van der Waals surface area (Å²) in [5.74, 6) is -3.92. The summed E-state index contributed by atoms with van der Waals surface area (Å²) in [7, 11) is 0.000550. The summed E-state index contributed by atoms with van der Waals surface area (Å²) in [4.78, 5) is 51.1. The van der Waals surface area contributed by atoms with Crippen molar-refractivity contribution in [3.63, 3.8) is 0 Å². The van der Waals surface area contributed by atoms with E-state index in [1.807, 2.05) is 44.2 Å². The summed E-state index contributed by atoms with van der Waals surface area (Å²) < 4.78 is 19.2. The molecule has 13 heteroatoms. The molecule has 4 N–H and O–H groups in total. The largest absolute Gasteiger partial charge is 0.480 e. The minimum absolute atomic E-state index is 0.00311. The molecule has 48 heavy (non-hydrogen) atoms. The summed E-state index contributed by atoms with van der Waals surface area (Å²) in [5, 5.41) is 23.8. The number of amides is 2. The monoisotopic (exact) mass is 697 g/mol. The number of benzene rings is 2. The molecule has 0 saturated heterocycles. The van der Waals surface area contributed by atoms with Crippen LogP contribution in [0.15, 0.2) is 65.7 Å². The fraction of sp³-hybridized carbons (Fsp3) is 0.457. The van der Waals surface area contributed by atoms with Gasteiger partial charge in [-0.1, -0.05) is 67.3 Å². The van der Waals surface area contributed by atoms with Gasteiger partial charge in [0.2, 0.25) is 11.4 Å². The highest BCUT2D eigenvalue weighted by Crippen LogP contribution is 2.41. The molecule has 1 heterocycles. The second-order valence-corrected chi connectivity index (χ2v) is 14.8. The van der Waals surface area contributed by atoms with E-state index in [0.717, 1.165) is 49.3 Å². The number of aliphatic carboxylic acids is 1. The van der Waals surface area contributed by atoms with Gasteiger partial charge >= 0.3 is 26.3 Å². The van der Waals surface area contributed by atoms with E-state index >= 15 is 0 Å². The topological polar surface area (TPSA) is 163 Å². The average molecular weight is 698 g/mol. The molecule has 1 saturated carbocycles. The number of methoxy groups -OCH3 is 1. The molecular weight excluding hydrogens is 653 g/mol. The first kappa shape index (κ1) is 37.0. The minimum Gasteiger partial charge on any atom is -0.480 e. The van der Waals surface area contributed by atoms with Crippen LogP contribution in [0.1, 0.15) is 79.5 Å². The van der Waals surface area contributed by atoms with E-state index in [2.05, 4.69) is 10.7 Å². The maximum atomic E-state index is 13.8. The third kappa shape index (κ3) is 9.39. The third-order valence-electron chi connectivity index (χ3n) is 8.71. The van der Waals surface area contributed by atoms with E-state index in [0.29, 0.717) is 16.1 Å². The highest BCUT2D eigenvalue weighted by molar-refractivity contribution is 7.99. The summed E-state index contributed by atoms with van der Waals surface area (Å²) in [6, 6.07) is 15.9. The second-order valence-electron chi connectivity index (χ2n) is 12.7. The number of hydrogen-bond donors (Lipinski definition) is 4. The van der Waals surface area contributed by atoms with Crippen molar-refractivity contribution in [1.29, 1.82) is 0 Å². The van der Waals surface area contributed by atoms with Crippen LogP contribution in [0.2, 0.25) is 0 Å². The predicted octanol–water partition coefficient (Wildman–Crippen LogP) is 5.30. The van der Waals surface area contributed by atoms with Gasteiger partial charge in [-0.05, 0) is 72.8 Å². The van der Waals surface area contributed by atoms with Gasteiger partial charge in [-0.15, -0.1) is 5.43 Å². The molecule has 1 fully saturated rings. The van der Waals surface area contributed by atoms with Crippen molar-refractivity contribution in [2.75, 3.05) is 18.3 Å². The zero-order valence-corrected chi connectivity index (χ0v) is 29.3. The SMILES string of the molecule is COC(=O)c1ccc(C(=O)N[n+]2c(SCC(O)([PH+]=O)C(CC3CCCCC3)C(=O)N[C@@H](CC(C)C)C(=O)O)ccc3ccccc32)cc1. The highest BCUT2D eigenvalue weighted by atomic mass is 32.2. The lowest BCUT2D eigenvalue weighted by Gasteiger charge is -2.30. The van der Waals surface area contributed by atoms with Crippen molar-refractivity contribution in [3.8, 4) is 0 Å². The number of ether oxygens (including phenoxy) is 1. The molecule has 2 amide bonds. The fourth-order valence-electron chi connectivity index (χ4n) is 6.08. The first-order valence-corrected chi connectivity index (χ1v) is 18.1. The molecule has 2 aromatic carbocycles. The Kier molecular flexibility index (Phi) is 13.1. The summed E-state index contributed by atoms with van der Waals surface area (Å²) >= 11 is 1.13. The Morgan fingerprint density at radius 1 is 1.00 bits per heavy atom. The van der Waals surface area contributed by atoms with Crippen LogP contribution in [-0.4, -0.2) is 58.2 Å². The molecule has 4 atom stereocenters. The van der Waals surface area contributed by atoms with Crippen LogP contribution in [0.25, 0.3) is 10.9 Å². The molecule has 256 valence electrons. The van der Waals surface area contributed by atoms with Crippen molar-refractivity contribution in [1.82, 2.24) is 5.32 Å². The zero-order valence-electron chi connectivity index (χ0n) is 27.4. The predicted molar refractivity (Wildman–Crippen MR) is 184 cm³/mol. The first-order valence-electron chi connectivity index (χ1n) is 16.2. The van der Waals surface area contributed by atoms with E-state index in [1.54, 1.807) is 10.7 Å². The van der Waals surface area contributed by atoms with Crippen molar-refractivity contribution in [2.45, 2.75) is 75.2 Å². The number of carboxylic acid groups (broad SMARTS) is 1. The smallest absolute Gasteiger partial charge is 0.361 e. The van der Waals surface area contributed by atoms with E-state index < -0.39 is 49.5 Å². The van der Waals surface area contributed by atoms with E-state index in [1.165, 1.54) is 31.4 Å². The number of carbonyl (C=O) groups excluding carboxylic acids is 3. The number of aliphatic hydroxyl groups is 1. The number of hydrogen-bond acceptors (Lipinski definition) is 8. The zero-order chi connectivity index (χ0) is 34.8. The maximum Gasteiger partial charge on any atom is 0.361 e. The number of pyridine rings is 1. The van der Waals surface area contributed by atoms with Crippen LogP contribution in [0, 0.1) is 17.8 Å². The molecule has 0 bridgehead atoms. The Hall–Kier alpha value is -3.86. The lowest BCUT2D eigenvalue weighted by molar-refractivity contribution is -0.653. The van der Waals surface area contributed by atoms with Crippen molar-refractivity contribution >= 4 is 54.9 Å². The van der Waals surface area contributed by atoms with Crippen molar-refractivity contribution in [2.24, 2.45) is 17.8 Å². The van der Waals surface area contributed by atoms with Gasteiger partial charge in [0, 0.05) is 23.1 Å². The molecule has 3 unspecified atom stereocenters. The lowest BCUT2D eigenvalue weighted by atomic mass is 9.80. The number of nitrogens with one attached hydrogen (secondary N) is 2. The number of rotatable bonds is 15. The number of carboxylic acids is 1. The van der Waals surface area contributed by atoms with Gasteiger partial charge in [0.15, 0.2) is 0 Å². The number of esters is 1. The van der Waals surface area contributed by atoms with Crippen LogP contribution in [-0.2, 0) is 18.9 Å². The van der Waals surface area contributed by atoms with Gasteiger partial charge in [-0.2, -0.15) is 0 Å². The Labute approximate surface area is 286 Å². The molecule has 11 nitrogen and oxygen atoms in total. The molecule has 3 aromatic rings. The second kappa shape index (κ2) is 17.0. The highest BCUT2D eigenvalue weighted by Gasteiger charge is 2.51. The Balaban J connectivity index is 1.64. The Morgan fingerprint density at radius 3 is 2.29 bits per heavy atom. The maximum absolute atomic E-state index is 13.8. The Bertz CT molecular complexity index is 1630. The van der Waals surface area contributed by atoms with Crippen LogP contribution in [0.3, 0.4) is 0 Å². The van der Waals surface area contributed by atoms with Crippen LogP contribution < -0.4 is 15.4 Å². The minimum atomic E-state index is -1.98. The molecule has 1 aliphatic carbocycles. The van der Waals surface area contributed by atoms with Crippen LogP contribution >= 0.6 is 20.2 Å². The number of aromatic nitrogens is 1. The van der Waals surface area contributed by atoms with Crippen molar-refractivity contribution in [3.05, 3.63) is 71.8 Å². The van der Waals surface area contributed by atoms with E-state index in [-0.39, 0.29) is 36.0 Å². The molecular formula is C35H44N3O8PS+2. The number of fused-ring (bicyclic) bond motifs is 1.